The highest BCUT2D eigenvalue weighted by Crippen LogP contribution is 2.36. The fraction of sp³-hybridized carbons (Fsp3) is 0.562. The van der Waals surface area contributed by atoms with Crippen molar-refractivity contribution in [2.75, 3.05) is 0 Å². The minimum atomic E-state index is -1.13. The standard InChI is InChI=1S/C16H22O3/c1-12(11-14(17)18)5-8-16(19)9-6-13(7-10-16)15(2,3)4/h6,9,11,13,19H,7,10H2,1-4H3,(H,17,18)/b12-11+/t13-,16+/m1/s1. The quantitative estimate of drug-likeness (QED) is 0.434. The van der Waals surface area contributed by atoms with Crippen molar-refractivity contribution in [3.8, 4) is 11.8 Å². The molecule has 104 valence electrons. The zero-order chi connectivity index (χ0) is 14.7. The zero-order valence-corrected chi connectivity index (χ0v) is 12.0. The molecule has 0 spiro atoms. The van der Waals surface area contributed by atoms with Gasteiger partial charge in [-0.1, -0.05) is 38.7 Å². The van der Waals surface area contributed by atoms with E-state index in [2.05, 4.69) is 32.6 Å². The summed E-state index contributed by atoms with van der Waals surface area (Å²) in [4.78, 5) is 10.5. The van der Waals surface area contributed by atoms with Gasteiger partial charge in [0.15, 0.2) is 0 Å². The molecule has 1 rings (SSSR count). The van der Waals surface area contributed by atoms with E-state index in [9.17, 15) is 9.90 Å². The van der Waals surface area contributed by atoms with Gasteiger partial charge in [-0.05, 0) is 37.2 Å². The van der Waals surface area contributed by atoms with Crippen molar-refractivity contribution in [2.24, 2.45) is 11.3 Å². The minimum absolute atomic E-state index is 0.185. The Morgan fingerprint density at radius 1 is 1.47 bits per heavy atom. The van der Waals surface area contributed by atoms with E-state index in [0.29, 0.717) is 17.9 Å². The summed E-state index contributed by atoms with van der Waals surface area (Å²) in [7, 11) is 0. The first-order valence-electron chi connectivity index (χ1n) is 6.48. The molecule has 2 atom stereocenters. The molecule has 0 saturated heterocycles. The van der Waals surface area contributed by atoms with E-state index in [-0.39, 0.29) is 5.41 Å². The molecular weight excluding hydrogens is 240 g/mol. The largest absolute Gasteiger partial charge is 0.478 e. The van der Waals surface area contributed by atoms with Gasteiger partial charge < -0.3 is 10.2 Å². The number of carbonyl (C=O) groups is 1. The molecule has 3 heteroatoms. The maximum atomic E-state index is 10.5. The fourth-order valence-corrected chi connectivity index (χ4v) is 2.08. The smallest absolute Gasteiger partial charge is 0.329 e. The number of hydrogen-bond donors (Lipinski definition) is 2. The van der Waals surface area contributed by atoms with Crippen LogP contribution in [0.1, 0.15) is 40.5 Å². The third kappa shape index (κ3) is 4.92. The number of aliphatic hydroxyl groups is 1. The molecule has 1 aliphatic carbocycles. The number of allylic oxidation sites excluding steroid dienone is 2. The Hall–Kier alpha value is -1.53. The van der Waals surface area contributed by atoms with Crippen LogP contribution in [0.25, 0.3) is 0 Å². The predicted molar refractivity (Wildman–Crippen MR) is 75.4 cm³/mol. The highest BCUT2D eigenvalue weighted by molar-refractivity contribution is 5.81. The van der Waals surface area contributed by atoms with E-state index in [0.717, 1.165) is 12.5 Å². The molecule has 0 unspecified atom stereocenters. The summed E-state index contributed by atoms with van der Waals surface area (Å²) in [5.41, 5.74) is -0.507. The molecule has 0 aromatic carbocycles. The summed E-state index contributed by atoms with van der Waals surface area (Å²) in [5.74, 6) is 4.88. The average Bonchev–Trinajstić information content (AvgIpc) is 2.25. The molecule has 2 N–H and O–H groups in total. The molecule has 0 aromatic heterocycles. The van der Waals surface area contributed by atoms with Crippen molar-refractivity contribution in [2.45, 2.75) is 46.1 Å². The lowest BCUT2D eigenvalue weighted by Gasteiger charge is -2.34. The third-order valence-electron chi connectivity index (χ3n) is 3.37. The maximum absolute atomic E-state index is 10.5. The van der Waals surface area contributed by atoms with Crippen LogP contribution in [-0.4, -0.2) is 21.8 Å². The number of hydrogen-bond acceptors (Lipinski definition) is 2. The van der Waals surface area contributed by atoms with Gasteiger partial charge in [0.1, 0.15) is 5.60 Å². The molecule has 19 heavy (non-hydrogen) atoms. The molecule has 0 saturated carbocycles. The van der Waals surface area contributed by atoms with Crippen molar-refractivity contribution in [3.63, 3.8) is 0 Å². The topological polar surface area (TPSA) is 57.5 Å². The van der Waals surface area contributed by atoms with E-state index in [4.69, 9.17) is 5.11 Å². The monoisotopic (exact) mass is 262 g/mol. The van der Waals surface area contributed by atoms with Crippen LogP contribution in [0.3, 0.4) is 0 Å². The van der Waals surface area contributed by atoms with Gasteiger partial charge in [0.05, 0.1) is 0 Å². The van der Waals surface area contributed by atoms with Gasteiger partial charge >= 0.3 is 5.97 Å². The Labute approximate surface area is 115 Å². The van der Waals surface area contributed by atoms with E-state index in [1.165, 1.54) is 0 Å². The molecular formula is C16H22O3. The zero-order valence-electron chi connectivity index (χ0n) is 12.0. The highest BCUT2D eigenvalue weighted by atomic mass is 16.4. The number of carboxylic acid groups (broad SMARTS) is 1. The summed E-state index contributed by atoms with van der Waals surface area (Å²) in [6, 6.07) is 0. The minimum Gasteiger partial charge on any atom is -0.478 e. The predicted octanol–water partition coefficient (Wildman–Crippen LogP) is 2.76. The Kier molecular flexibility index (Phi) is 4.60. The number of aliphatic carboxylic acids is 1. The second-order valence-electron chi connectivity index (χ2n) is 6.21. The Morgan fingerprint density at radius 3 is 2.53 bits per heavy atom. The van der Waals surface area contributed by atoms with Gasteiger partial charge in [-0.15, -0.1) is 0 Å². The number of carboxylic acids is 1. The molecule has 0 aliphatic heterocycles. The molecule has 0 aromatic rings. The van der Waals surface area contributed by atoms with Gasteiger partial charge in [-0.3, -0.25) is 0 Å². The van der Waals surface area contributed by atoms with Crippen molar-refractivity contribution in [3.05, 3.63) is 23.8 Å². The molecule has 0 bridgehead atoms. The maximum Gasteiger partial charge on any atom is 0.329 e. The van der Waals surface area contributed by atoms with Gasteiger partial charge in [0.25, 0.3) is 0 Å². The summed E-state index contributed by atoms with van der Waals surface area (Å²) in [6.45, 7) is 8.16. The van der Waals surface area contributed by atoms with E-state index >= 15 is 0 Å². The average molecular weight is 262 g/mol. The van der Waals surface area contributed by atoms with Crippen molar-refractivity contribution in [1.29, 1.82) is 0 Å². The lowest BCUT2D eigenvalue weighted by atomic mass is 9.73. The van der Waals surface area contributed by atoms with Crippen molar-refractivity contribution in [1.82, 2.24) is 0 Å². The molecule has 3 nitrogen and oxygen atoms in total. The molecule has 0 heterocycles. The van der Waals surface area contributed by atoms with Gasteiger partial charge in [-0.25, -0.2) is 4.79 Å². The van der Waals surface area contributed by atoms with Crippen LogP contribution in [0.15, 0.2) is 23.8 Å². The van der Waals surface area contributed by atoms with E-state index < -0.39 is 11.6 Å². The lowest BCUT2D eigenvalue weighted by Crippen LogP contribution is -2.31. The lowest BCUT2D eigenvalue weighted by molar-refractivity contribution is -0.131. The summed E-state index contributed by atoms with van der Waals surface area (Å²) < 4.78 is 0. The van der Waals surface area contributed by atoms with Crippen LogP contribution < -0.4 is 0 Å². The molecule has 1 aliphatic rings. The Balaban J connectivity index is 2.82. The normalized spacial score (nSPS) is 27.6. The fourth-order valence-electron chi connectivity index (χ4n) is 2.08. The van der Waals surface area contributed by atoms with E-state index in [1.54, 1.807) is 13.0 Å². The van der Waals surface area contributed by atoms with Crippen LogP contribution in [-0.2, 0) is 4.79 Å². The van der Waals surface area contributed by atoms with Crippen LogP contribution in [0.4, 0.5) is 0 Å². The number of rotatable bonds is 1. The van der Waals surface area contributed by atoms with E-state index in [1.807, 2.05) is 6.08 Å². The van der Waals surface area contributed by atoms with Crippen LogP contribution >= 0.6 is 0 Å². The summed E-state index contributed by atoms with van der Waals surface area (Å²) in [6.07, 6.45) is 6.27. The Bertz CT molecular complexity index is 468. The van der Waals surface area contributed by atoms with Gasteiger partial charge in [-0.2, -0.15) is 0 Å². The Morgan fingerprint density at radius 2 is 2.11 bits per heavy atom. The first kappa shape index (κ1) is 15.5. The van der Waals surface area contributed by atoms with Gasteiger partial charge in [0.2, 0.25) is 0 Å². The first-order valence-corrected chi connectivity index (χ1v) is 6.48. The highest BCUT2D eigenvalue weighted by Gasteiger charge is 2.31. The molecule has 0 radical (unpaired) electrons. The van der Waals surface area contributed by atoms with Gasteiger partial charge in [0, 0.05) is 11.6 Å². The molecule has 0 amide bonds. The summed E-state index contributed by atoms with van der Waals surface area (Å²) in [5, 5.41) is 18.9. The van der Waals surface area contributed by atoms with Crippen LogP contribution in [0, 0.1) is 23.2 Å². The van der Waals surface area contributed by atoms with Crippen LogP contribution in [0.2, 0.25) is 0 Å². The first-order chi connectivity index (χ1) is 8.62. The molecule has 0 fully saturated rings. The summed E-state index contributed by atoms with van der Waals surface area (Å²) >= 11 is 0. The second kappa shape index (κ2) is 5.63. The van der Waals surface area contributed by atoms with Crippen molar-refractivity contribution >= 4 is 5.97 Å². The van der Waals surface area contributed by atoms with Crippen LogP contribution in [0.5, 0.6) is 0 Å². The SMILES string of the molecule is C/C(C#C[C@]1(O)C=C[C@@H](C(C)(C)C)CC1)=C\C(=O)O. The van der Waals surface area contributed by atoms with Crippen molar-refractivity contribution < 1.29 is 15.0 Å². The third-order valence-corrected chi connectivity index (χ3v) is 3.37. The second-order valence-corrected chi connectivity index (χ2v) is 6.21.